The highest BCUT2D eigenvalue weighted by Gasteiger charge is 2.66. The highest BCUT2D eigenvalue weighted by atomic mass is 16.6. The van der Waals surface area contributed by atoms with E-state index in [0.29, 0.717) is 6.42 Å². The zero-order valence-electron chi connectivity index (χ0n) is 7.39. The molecule has 76 valence electrons. The van der Waals surface area contributed by atoms with Gasteiger partial charge in [-0.2, -0.15) is 0 Å². The second-order valence-corrected chi connectivity index (χ2v) is 4.19. The van der Waals surface area contributed by atoms with Crippen LogP contribution < -0.4 is 5.11 Å². The van der Waals surface area contributed by atoms with Gasteiger partial charge in [0, 0.05) is 11.9 Å². The van der Waals surface area contributed by atoms with E-state index < -0.39 is 29.4 Å². The Morgan fingerprint density at radius 2 is 2.36 bits per heavy atom. The molecular formula is C9H9O5-. The van der Waals surface area contributed by atoms with E-state index in [1.165, 1.54) is 0 Å². The molecule has 5 heteroatoms. The van der Waals surface area contributed by atoms with Crippen molar-refractivity contribution in [1.29, 1.82) is 0 Å². The van der Waals surface area contributed by atoms with Crippen molar-refractivity contribution >= 4 is 11.9 Å². The van der Waals surface area contributed by atoms with Gasteiger partial charge < -0.3 is 19.4 Å². The lowest BCUT2D eigenvalue weighted by Crippen LogP contribution is -2.46. The molecule has 2 bridgehead atoms. The fourth-order valence-electron chi connectivity index (χ4n) is 2.96. The molecule has 0 saturated carbocycles. The maximum atomic E-state index is 11.4. The van der Waals surface area contributed by atoms with Crippen LogP contribution in [-0.2, 0) is 19.1 Å². The van der Waals surface area contributed by atoms with E-state index >= 15 is 0 Å². The molecule has 3 aliphatic rings. The molecule has 0 N–H and O–H groups in total. The third-order valence-electron chi connectivity index (χ3n) is 3.55. The summed E-state index contributed by atoms with van der Waals surface area (Å²) in [5, 5.41) is 10.9. The van der Waals surface area contributed by atoms with Crippen molar-refractivity contribution < 1.29 is 24.2 Å². The van der Waals surface area contributed by atoms with Crippen molar-refractivity contribution in [2.75, 3.05) is 6.61 Å². The molecule has 14 heavy (non-hydrogen) atoms. The molecule has 1 spiro atoms. The number of hydrogen-bond acceptors (Lipinski definition) is 5. The van der Waals surface area contributed by atoms with Crippen LogP contribution in [0.25, 0.3) is 0 Å². The Kier molecular flexibility index (Phi) is 1.34. The molecule has 4 atom stereocenters. The molecule has 0 unspecified atom stereocenters. The maximum absolute atomic E-state index is 11.4. The lowest BCUT2D eigenvalue weighted by molar-refractivity contribution is -0.314. The van der Waals surface area contributed by atoms with Crippen LogP contribution in [-0.4, -0.2) is 30.3 Å². The highest BCUT2D eigenvalue weighted by molar-refractivity contribution is 5.84. The summed E-state index contributed by atoms with van der Waals surface area (Å²) >= 11 is 0. The molecule has 0 radical (unpaired) electrons. The zero-order valence-corrected chi connectivity index (χ0v) is 7.39. The number of carbonyl (C=O) groups excluding carboxylic acids is 2. The van der Waals surface area contributed by atoms with Gasteiger partial charge in [-0.05, 0) is 12.8 Å². The van der Waals surface area contributed by atoms with Gasteiger partial charge in [0.15, 0.2) is 0 Å². The van der Waals surface area contributed by atoms with Crippen LogP contribution in [0.4, 0.5) is 0 Å². The van der Waals surface area contributed by atoms with Crippen LogP contribution in [0.2, 0.25) is 0 Å². The predicted molar refractivity (Wildman–Crippen MR) is 39.8 cm³/mol. The van der Waals surface area contributed by atoms with Gasteiger partial charge in [0.2, 0.25) is 0 Å². The molecule has 0 aromatic rings. The van der Waals surface area contributed by atoms with Crippen molar-refractivity contribution in [3.8, 4) is 0 Å². The molecule has 0 amide bonds. The third-order valence-corrected chi connectivity index (χ3v) is 3.55. The molecular weight excluding hydrogens is 188 g/mol. The van der Waals surface area contributed by atoms with Crippen molar-refractivity contribution in [3.05, 3.63) is 0 Å². The summed E-state index contributed by atoms with van der Waals surface area (Å²) in [4.78, 5) is 22.2. The molecule has 3 fully saturated rings. The number of ether oxygens (including phenoxy) is 2. The molecule has 3 aliphatic heterocycles. The van der Waals surface area contributed by atoms with Gasteiger partial charge in [-0.25, -0.2) is 0 Å². The average Bonchev–Trinajstić information content (AvgIpc) is 2.75. The lowest BCUT2D eigenvalue weighted by Gasteiger charge is -2.26. The summed E-state index contributed by atoms with van der Waals surface area (Å²) in [5.41, 5.74) is -0.646. The number of rotatable bonds is 1. The first kappa shape index (κ1) is 8.23. The third kappa shape index (κ3) is 0.744. The first-order chi connectivity index (χ1) is 6.64. The second-order valence-electron chi connectivity index (χ2n) is 4.19. The van der Waals surface area contributed by atoms with E-state index in [1.807, 2.05) is 0 Å². The second kappa shape index (κ2) is 2.28. The first-order valence-corrected chi connectivity index (χ1v) is 4.69. The minimum atomic E-state index is -1.19. The maximum Gasteiger partial charge on any atom is 0.312 e. The highest BCUT2D eigenvalue weighted by Crippen LogP contribution is 2.54. The monoisotopic (exact) mass is 197 g/mol. The summed E-state index contributed by atoms with van der Waals surface area (Å²) in [7, 11) is 0. The van der Waals surface area contributed by atoms with Gasteiger partial charge in [0.05, 0.1) is 12.0 Å². The number of aliphatic carboxylic acids is 1. The Morgan fingerprint density at radius 1 is 1.57 bits per heavy atom. The normalized spacial score (nSPS) is 49.1. The number of fused-ring (bicyclic) bond motifs is 1. The van der Waals surface area contributed by atoms with E-state index in [0.717, 1.165) is 6.42 Å². The first-order valence-electron chi connectivity index (χ1n) is 4.69. The smallest absolute Gasteiger partial charge is 0.312 e. The Hall–Kier alpha value is -1.10. The number of carboxylic acids is 1. The minimum absolute atomic E-state index is 0.205. The standard InChI is InChI=1S/C9H10O5/c10-7(11)5-4-1-2-9(14-4)3-13-8(12)6(5)9/h4-6H,1-3H2,(H,10,11)/p-1/t4-,5+,6+,9+/m0/s1. The molecule has 3 heterocycles. The molecule has 0 aliphatic carbocycles. The number of carboxylic acid groups (broad SMARTS) is 1. The van der Waals surface area contributed by atoms with Crippen LogP contribution in [0.3, 0.4) is 0 Å². The zero-order chi connectivity index (χ0) is 9.92. The van der Waals surface area contributed by atoms with E-state index in [2.05, 4.69) is 0 Å². The SMILES string of the molecule is O=C([O-])[C@@H]1[C@@H]2CC[C@]3(COC(=O)[C@@H]13)O2. The predicted octanol–water partition coefficient (Wildman–Crippen LogP) is -1.54. The number of carbonyl (C=O) groups is 2. The minimum Gasteiger partial charge on any atom is -0.550 e. The molecule has 3 rings (SSSR count). The largest absolute Gasteiger partial charge is 0.550 e. The van der Waals surface area contributed by atoms with Crippen LogP contribution >= 0.6 is 0 Å². The molecule has 5 nitrogen and oxygen atoms in total. The van der Waals surface area contributed by atoms with E-state index in [4.69, 9.17) is 9.47 Å². The quantitative estimate of drug-likeness (QED) is 0.476. The topological polar surface area (TPSA) is 75.7 Å². The Balaban J connectivity index is 2.03. The Morgan fingerprint density at radius 3 is 3.07 bits per heavy atom. The van der Waals surface area contributed by atoms with Crippen molar-refractivity contribution in [2.45, 2.75) is 24.5 Å². The number of esters is 1. The van der Waals surface area contributed by atoms with E-state index in [-0.39, 0.29) is 12.7 Å². The fraction of sp³-hybridized carbons (Fsp3) is 0.778. The Bertz CT molecular complexity index is 325. The molecule has 0 aromatic carbocycles. The van der Waals surface area contributed by atoms with Crippen molar-refractivity contribution in [3.63, 3.8) is 0 Å². The lowest BCUT2D eigenvalue weighted by atomic mass is 9.73. The van der Waals surface area contributed by atoms with Crippen LogP contribution in [0.5, 0.6) is 0 Å². The van der Waals surface area contributed by atoms with E-state index in [1.54, 1.807) is 0 Å². The summed E-state index contributed by atoms with van der Waals surface area (Å²) in [6.45, 7) is 0.205. The van der Waals surface area contributed by atoms with Gasteiger partial charge in [-0.15, -0.1) is 0 Å². The molecule has 0 aromatic heterocycles. The summed E-state index contributed by atoms with van der Waals surface area (Å²) in [6.07, 6.45) is 1.06. The summed E-state index contributed by atoms with van der Waals surface area (Å²) in [6, 6.07) is 0. The number of hydrogen-bond donors (Lipinski definition) is 0. The summed E-state index contributed by atoms with van der Waals surface area (Å²) in [5.74, 6) is -3.08. The van der Waals surface area contributed by atoms with Crippen LogP contribution in [0.15, 0.2) is 0 Å². The van der Waals surface area contributed by atoms with Gasteiger partial charge in [0.1, 0.15) is 12.2 Å². The Labute approximate surface area is 80.0 Å². The van der Waals surface area contributed by atoms with Crippen LogP contribution in [0.1, 0.15) is 12.8 Å². The van der Waals surface area contributed by atoms with Gasteiger partial charge >= 0.3 is 5.97 Å². The van der Waals surface area contributed by atoms with Crippen LogP contribution in [0, 0.1) is 11.8 Å². The van der Waals surface area contributed by atoms with E-state index in [9.17, 15) is 14.7 Å². The fourth-order valence-corrected chi connectivity index (χ4v) is 2.96. The average molecular weight is 197 g/mol. The summed E-state index contributed by atoms with van der Waals surface area (Å²) < 4.78 is 10.4. The van der Waals surface area contributed by atoms with Gasteiger partial charge in [-0.1, -0.05) is 0 Å². The molecule has 3 saturated heterocycles. The number of cyclic esters (lactones) is 1. The van der Waals surface area contributed by atoms with Gasteiger partial charge in [0.25, 0.3) is 0 Å². The van der Waals surface area contributed by atoms with Crippen molar-refractivity contribution in [1.82, 2.24) is 0 Å². The van der Waals surface area contributed by atoms with Gasteiger partial charge in [-0.3, -0.25) is 4.79 Å². The van der Waals surface area contributed by atoms with Crippen molar-refractivity contribution in [2.24, 2.45) is 11.8 Å².